The van der Waals surface area contributed by atoms with Crippen LogP contribution in [-0.4, -0.2) is 58.6 Å². The van der Waals surface area contributed by atoms with Crippen LogP contribution in [0, 0.1) is 6.92 Å². The van der Waals surface area contributed by atoms with Crippen molar-refractivity contribution in [1.82, 2.24) is 20.0 Å². The Kier molecular flexibility index (Phi) is 6.65. The molecule has 0 spiro atoms. The van der Waals surface area contributed by atoms with Gasteiger partial charge < -0.3 is 9.73 Å². The molecular weight excluding hydrogens is 414 g/mol. The first-order valence-electron chi connectivity index (χ1n) is 10.4. The van der Waals surface area contributed by atoms with Crippen LogP contribution in [0.15, 0.2) is 52.9 Å². The highest BCUT2D eigenvalue weighted by molar-refractivity contribution is 6.33. The summed E-state index contributed by atoms with van der Waals surface area (Å²) in [6, 6.07) is 15.3. The third kappa shape index (κ3) is 5.31. The van der Waals surface area contributed by atoms with Crippen molar-refractivity contribution < 1.29 is 9.21 Å². The van der Waals surface area contributed by atoms with Gasteiger partial charge in [0.2, 0.25) is 17.7 Å². The number of aromatic nitrogens is 2. The number of piperazine rings is 1. The van der Waals surface area contributed by atoms with Gasteiger partial charge in [-0.15, -0.1) is 10.2 Å². The van der Waals surface area contributed by atoms with E-state index in [9.17, 15) is 4.79 Å². The highest BCUT2D eigenvalue weighted by Crippen LogP contribution is 2.25. The quantitative estimate of drug-likeness (QED) is 0.625. The summed E-state index contributed by atoms with van der Waals surface area (Å²) < 4.78 is 5.95. The van der Waals surface area contributed by atoms with Gasteiger partial charge in [-0.3, -0.25) is 14.6 Å². The molecule has 2 heterocycles. The Bertz CT molecular complexity index is 1050. The van der Waals surface area contributed by atoms with Crippen LogP contribution in [-0.2, 0) is 4.79 Å². The molecule has 162 valence electrons. The number of benzene rings is 2. The number of halogens is 1. The van der Waals surface area contributed by atoms with E-state index in [4.69, 9.17) is 16.0 Å². The third-order valence-electron chi connectivity index (χ3n) is 5.53. The zero-order valence-electron chi connectivity index (χ0n) is 17.7. The fourth-order valence-corrected chi connectivity index (χ4v) is 3.90. The van der Waals surface area contributed by atoms with Gasteiger partial charge in [0.25, 0.3) is 0 Å². The number of para-hydroxylation sites is 1. The summed E-state index contributed by atoms with van der Waals surface area (Å²) in [4.78, 5) is 16.8. The van der Waals surface area contributed by atoms with E-state index in [1.165, 1.54) is 0 Å². The average molecular weight is 440 g/mol. The van der Waals surface area contributed by atoms with Crippen molar-refractivity contribution in [3.63, 3.8) is 0 Å². The number of carbonyl (C=O) groups is 1. The van der Waals surface area contributed by atoms with Crippen LogP contribution in [0.4, 0.5) is 5.69 Å². The molecule has 1 aliphatic rings. The Morgan fingerprint density at radius 3 is 2.65 bits per heavy atom. The number of amides is 1. The first-order chi connectivity index (χ1) is 15.0. The van der Waals surface area contributed by atoms with Gasteiger partial charge in [-0.25, -0.2) is 0 Å². The van der Waals surface area contributed by atoms with E-state index in [0.29, 0.717) is 29.0 Å². The molecule has 2 aromatic carbocycles. The SMILES string of the molecule is Cc1cccc(-c2nnc([C@@H](C)N3CCN(CC(=O)Nc4ccccc4Cl)CC3)o2)c1. The first-order valence-corrected chi connectivity index (χ1v) is 10.8. The van der Waals surface area contributed by atoms with E-state index >= 15 is 0 Å². The Hall–Kier alpha value is -2.74. The van der Waals surface area contributed by atoms with Gasteiger partial charge in [-0.1, -0.05) is 41.4 Å². The summed E-state index contributed by atoms with van der Waals surface area (Å²) in [6.45, 7) is 7.68. The van der Waals surface area contributed by atoms with E-state index in [2.05, 4.69) is 32.2 Å². The van der Waals surface area contributed by atoms with Crippen molar-refractivity contribution in [1.29, 1.82) is 0 Å². The normalized spacial score (nSPS) is 16.2. The lowest BCUT2D eigenvalue weighted by molar-refractivity contribution is -0.117. The van der Waals surface area contributed by atoms with Crippen molar-refractivity contribution in [2.45, 2.75) is 19.9 Å². The van der Waals surface area contributed by atoms with Crippen molar-refractivity contribution in [2.75, 3.05) is 38.0 Å². The van der Waals surface area contributed by atoms with Crippen LogP contribution < -0.4 is 5.32 Å². The van der Waals surface area contributed by atoms with Crippen LogP contribution in [0.1, 0.15) is 24.4 Å². The second-order valence-electron chi connectivity index (χ2n) is 7.83. The lowest BCUT2D eigenvalue weighted by Crippen LogP contribution is -2.49. The highest BCUT2D eigenvalue weighted by atomic mass is 35.5. The van der Waals surface area contributed by atoms with Crippen molar-refractivity contribution >= 4 is 23.2 Å². The smallest absolute Gasteiger partial charge is 0.247 e. The fourth-order valence-electron chi connectivity index (χ4n) is 3.72. The highest BCUT2D eigenvalue weighted by Gasteiger charge is 2.26. The average Bonchev–Trinajstić information content (AvgIpc) is 3.26. The first kappa shape index (κ1) is 21.5. The molecule has 1 atom stereocenters. The molecular formula is C23H26ClN5O2. The Balaban J connectivity index is 1.29. The molecule has 1 aromatic heterocycles. The molecule has 1 aliphatic heterocycles. The molecule has 7 nitrogen and oxygen atoms in total. The monoisotopic (exact) mass is 439 g/mol. The molecule has 4 rings (SSSR count). The molecule has 0 saturated carbocycles. The van der Waals surface area contributed by atoms with Crippen LogP contribution in [0.5, 0.6) is 0 Å². The summed E-state index contributed by atoms with van der Waals surface area (Å²) in [5.41, 5.74) is 2.72. The largest absolute Gasteiger partial charge is 0.419 e. The van der Waals surface area contributed by atoms with E-state index in [0.717, 1.165) is 37.3 Å². The topological polar surface area (TPSA) is 74.5 Å². The van der Waals surface area contributed by atoms with E-state index < -0.39 is 0 Å². The summed E-state index contributed by atoms with van der Waals surface area (Å²) in [7, 11) is 0. The second kappa shape index (κ2) is 9.60. The molecule has 0 radical (unpaired) electrons. The summed E-state index contributed by atoms with van der Waals surface area (Å²) in [5.74, 6) is 1.09. The predicted molar refractivity (Wildman–Crippen MR) is 121 cm³/mol. The third-order valence-corrected chi connectivity index (χ3v) is 5.86. The van der Waals surface area contributed by atoms with Crippen LogP contribution in [0.25, 0.3) is 11.5 Å². The van der Waals surface area contributed by atoms with Gasteiger partial charge in [-0.05, 0) is 38.1 Å². The zero-order valence-corrected chi connectivity index (χ0v) is 18.5. The van der Waals surface area contributed by atoms with Gasteiger partial charge in [0.15, 0.2) is 0 Å². The van der Waals surface area contributed by atoms with Crippen molar-refractivity contribution in [2.24, 2.45) is 0 Å². The number of hydrogen-bond acceptors (Lipinski definition) is 6. The maximum atomic E-state index is 12.4. The maximum absolute atomic E-state index is 12.4. The molecule has 0 unspecified atom stereocenters. The molecule has 31 heavy (non-hydrogen) atoms. The standard InChI is InChI=1S/C23H26ClN5O2/c1-16-6-5-7-18(14-16)23-27-26-22(31-23)17(2)29-12-10-28(11-13-29)15-21(30)25-20-9-4-3-8-19(20)24/h3-9,14,17H,10-13,15H2,1-2H3,(H,25,30)/t17-/m1/s1. The van der Waals surface area contributed by atoms with Gasteiger partial charge >= 0.3 is 0 Å². The van der Waals surface area contributed by atoms with Crippen LogP contribution >= 0.6 is 11.6 Å². The van der Waals surface area contributed by atoms with Gasteiger partial charge in [0.1, 0.15) is 0 Å². The molecule has 0 bridgehead atoms. The maximum Gasteiger partial charge on any atom is 0.247 e. The minimum Gasteiger partial charge on any atom is -0.419 e. The van der Waals surface area contributed by atoms with Crippen LogP contribution in [0.2, 0.25) is 5.02 Å². The lowest BCUT2D eigenvalue weighted by atomic mass is 10.1. The van der Waals surface area contributed by atoms with E-state index in [-0.39, 0.29) is 11.9 Å². The summed E-state index contributed by atoms with van der Waals surface area (Å²) in [6.07, 6.45) is 0. The Labute approximate surface area is 187 Å². The van der Waals surface area contributed by atoms with Gasteiger partial charge in [0, 0.05) is 31.7 Å². The van der Waals surface area contributed by atoms with Crippen molar-refractivity contribution in [3.05, 3.63) is 65.0 Å². The minimum absolute atomic E-state index is 0.0187. The number of anilines is 1. The minimum atomic E-state index is -0.0608. The number of carbonyl (C=O) groups excluding carboxylic acids is 1. The summed E-state index contributed by atoms with van der Waals surface area (Å²) >= 11 is 6.12. The molecule has 8 heteroatoms. The van der Waals surface area contributed by atoms with Gasteiger partial charge in [0.05, 0.1) is 23.3 Å². The Morgan fingerprint density at radius 2 is 1.90 bits per heavy atom. The molecule has 1 N–H and O–H groups in total. The van der Waals surface area contributed by atoms with Crippen LogP contribution in [0.3, 0.4) is 0 Å². The molecule has 0 aliphatic carbocycles. The number of rotatable bonds is 6. The molecule has 1 saturated heterocycles. The lowest BCUT2D eigenvalue weighted by Gasteiger charge is -2.36. The fraction of sp³-hybridized carbons (Fsp3) is 0.348. The van der Waals surface area contributed by atoms with Crippen molar-refractivity contribution in [3.8, 4) is 11.5 Å². The number of nitrogens with one attached hydrogen (secondary N) is 1. The van der Waals surface area contributed by atoms with E-state index in [1.54, 1.807) is 12.1 Å². The second-order valence-corrected chi connectivity index (χ2v) is 8.24. The summed E-state index contributed by atoms with van der Waals surface area (Å²) in [5, 5.41) is 11.9. The van der Waals surface area contributed by atoms with Gasteiger partial charge in [-0.2, -0.15) is 0 Å². The number of aryl methyl sites for hydroxylation is 1. The Morgan fingerprint density at radius 1 is 1.13 bits per heavy atom. The molecule has 3 aromatic rings. The predicted octanol–water partition coefficient (Wildman–Crippen LogP) is 4.02. The molecule has 1 amide bonds. The number of nitrogens with zero attached hydrogens (tertiary/aromatic N) is 4. The number of hydrogen-bond donors (Lipinski definition) is 1. The molecule has 1 fully saturated rings. The van der Waals surface area contributed by atoms with E-state index in [1.807, 2.05) is 43.3 Å². The zero-order chi connectivity index (χ0) is 21.8.